The Labute approximate surface area is 106 Å². The molecule has 0 radical (unpaired) electrons. The van der Waals surface area contributed by atoms with Crippen molar-refractivity contribution >= 4 is 0 Å². The van der Waals surface area contributed by atoms with Gasteiger partial charge in [-0.25, -0.2) is 4.98 Å². The second kappa shape index (κ2) is 4.82. The number of nitrogens with one attached hydrogen (secondary N) is 1. The number of benzene rings is 1. The lowest BCUT2D eigenvalue weighted by Gasteiger charge is -1.99. The minimum atomic E-state index is 0.658. The SMILES string of the molecule is COc1ccc(-c2nc(CNC3CC3)co2)cc1. The molecule has 1 aromatic heterocycles. The molecule has 1 saturated carbocycles. The highest BCUT2D eigenvalue weighted by Crippen LogP contribution is 2.23. The molecule has 94 valence electrons. The number of nitrogens with zero attached hydrogens (tertiary/aromatic N) is 1. The Kier molecular flexibility index (Phi) is 3.02. The number of rotatable bonds is 5. The number of methoxy groups -OCH3 is 1. The zero-order valence-corrected chi connectivity index (χ0v) is 10.3. The van der Waals surface area contributed by atoms with Crippen LogP contribution < -0.4 is 10.1 Å². The fourth-order valence-electron chi connectivity index (χ4n) is 1.79. The van der Waals surface area contributed by atoms with E-state index in [4.69, 9.17) is 9.15 Å². The van der Waals surface area contributed by atoms with Crippen molar-refractivity contribution in [1.82, 2.24) is 10.3 Å². The first-order valence-corrected chi connectivity index (χ1v) is 6.17. The van der Waals surface area contributed by atoms with E-state index in [0.717, 1.165) is 23.6 Å². The van der Waals surface area contributed by atoms with E-state index >= 15 is 0 Å². The molecule has 1 aliphatic carbocycles. The van der Waals surface area contributed by atoms with E-state index in [1.165, 1.54) is 12.8 Å². The summed E-state index contributed by atoms with van der Waals surface area (Å²) in [6, 6.07) is 8.39. The van der Waals surface area contributed by atoms with E-state index in [9.17, 15) is 0 Å². The number of ether oxygens (including phenoxy) is 1. The Bertz CT molecular complexity index is 515. The standard InChI is InChI=1S/C14H16N2O2/c1-17-13-6-2-10(3-7-13)14-16-12(9-18-14)8-15-11-4-5-11/h2-3,6-7,9,11,15H,4-5,8H2,1H3. The molecule has 0 unspecified atom stereocenters. The van der Waals surface area contributed by atoms with Gasteiger partial charge in [0.25, 0.3) is 0 Å². The Morgan fingerprint density at radius 2 is 2.11 bits per heavy atom. The van der Waals surface area contributed by atoms with E-state index in [1.807, 2.05) is 24.3 Å². The van der Waals surface area contributed by atoms with Gasteiger partial charge in [0, 0.05) is 18.2 Å². The van der Waals surface area contributed by atoms with E-state index in [1.54, 1.807) is 13.4 Å². The van der Waals surface area contributed by atoms with Gasteiger partial charge in [0.05, 0.1) is 12.8 Å². The van der Waals surface area contributed by atoms with Crippen LogP contribution in [0.1, 0.15) is 18.5 Å². The molecule has 4 nitrogen and oxygen atoms in total. The number of aromatic nitrogens is 1. The first kappa shape index (κ1) is 11.3. The minimum Gasteiger partial charge on any atom is -0.497 e. The second-order valence-corrected chi connectivity index (χ2v) is 4.53. The molecule has 0 atom stereocenters. The first-order valence-electron chi connectivity index (χ1n) is 6.17. The van der Waals surface area contributed by atoms with Crippen LogP contribution in [0, 0.1) is 0 Å². The van der Waals surface area contributed by atoms with Crippen molar-refractivity contribution in [1.29, 1.82) is 0 Å². The van der Waals surface area contributed by atoms with E-state index in [0.29, 0.717) is 11.9 Å². The highest BCUT2D eigenvalue weighted by molar-refractivity contribution is 5.54. The lowest BCUT2D eigenvalue weighted by molar-refractivity contribution is 0.415. The summed E-state index contributed by atoms with van der Waals surface area (Å²) in [5.41, 5.74) is 1.92. The Balaban J connectivity index is 1.70. The Morgan fingerprint density at radius 1 is 1.33 bits per heavy atom. The maximum atomic E-state index is 5.48. The summed E-state index contributed by atoms with van der Waals surface area (Å²) in [7, 11) is 1.65. The largest absolute Gasteiger partial charge is 0.497 e. The highest BCUT2D eigenvalue weighted by Gasteiger charge is 2.20. The van der Waals surface area contributed by atoms with E-state index < -0.39 is 0 Å². The van der Waals surface area contributed by atoms with Gasteiger partial charge in [0.1, 0.15) is 12.0 Å². The van der Waals surface area contributed by atoms with Crippen LogP contribution in [0.3, 0.4) is 0 Å². The van der Waals surface area contributed by atoms with Gasteiger partial charge in [-0.3, -0.25) is 0 Å². The topological polar surface area (TPSA) is 47.3 Å². The number of hydrogen-bond donors (Lipinski definition) is 1. The summed E-state index contributed by atoms with van der Waals surface area (Å²) < 4.78 is 10.6. The predicted molar refractivity (Wildman–Crippen MR) is 68.4 cm³/mol. The van der Waals surface area contributed by atoms with Gasteiger partial charge in [-0.15, -0.1) is 0 Å². The quantitative estimate of drug-likeness (QED) is 0.878. The van der Waals surface area contributed by atoms with Gasteiger partial charge >= 0.3 is 0 Å². The molecule has 0 saturated heterocycles. The molecule has 1 aromatic carbocycles. The molecular formula is C14H16N2O2. The fourth-order valence-corrected chi connectivity index (χ4v) is 1.79. The van der Waals surface area contributed by atoms with Crippen molar-refractivity contribution in [2.24, 2.45) is 0 Å². The zero-order chi connectivity index (χ0) is 12.4. The third kappa shape index (κ3) is 2.54. The maximum Gasteiger partial charge on any atom is 0.226 e. The Morgan fingerprint density at radius 3 is 2.78 bits per heavy atom. The highest BCUT2D eigenvalue weighted by atomic mass is 16.5. The molecule has 1 aliphatic rings. The van der Waals surface area contributed by atoms with Crippen LogP contribution in [0.25, 0.3) is 11.5 Å². The molecule has 3 rings (SSSR count). The number of hydrogen-bond acceptors (Lipinski definition) is 4. The molecule has 0 amide bonds. The van der Waals surface area contributed by atoms with Gasteiger partial charge < -0.3 is 14.5 Å². The maximum absolute atomic E-state index is 5.48. The average Bonchev–Trinajstić information content (AvgIpc) is 3.14. The molecule has 1 heterocycles. The fraction of sp³-hybridized carbons (Fsp3) is 0.357. The van der Waals surface area contributed by atoms with Crippen LogP contribution in [0.15, 0.2) is 34.9 Å². The van der Waals surface area contributed by atoms with Crippen molar-refractivity contribution < 1.29 is 9.15 Å². The van der Waals surface area contributed by atoms with Crippen LogP contribution >= 0.6 is 0 Å². The van der Waals surface area contributed by atoms with Crippen molar-refractivity contribution in [2.45, 2.75) is 25.4 Å². The lowest BCUT2D eigenvalue weighted by atomic mass is 10.2. The van der Waals surface area contributed by atoms with E-state index in [2.05, 4.69) is 10.3 Å². The summed E-state index contributed by atoms with van der Waals surface area (Å²) in [5, 5.41) is 3.41. The smallest absolute Gasteiger partial charge is 0.226 e. The Hall–Kier alpha value is -1.81. The summed E-state index contributed by atoms with van der Waals surface area (Å²) in [4.78, 5) is 4.47. The third-order valence-electron chi connectivity index (χ3n) is 3.04. The van der Waals surface area contributed by atoms with Crippen molar-refractivity contribution in [3.63, 3.8) is 0 Å². The van der Waals surface area contributed by atoms with Gasteiger partial charge in [-0.1, -0.05) is 0 Å². The van der Waals surface area contributed by atoms with Crippen LogP contribution in [0.5, 0.6) is 5.75 Å². The molecule has 1 fully saturated rings. The van der Waals surface area contributed by atoms with Crippen molar-refractivity contribution in [3.05, 3.63) is 36.2 Å². The predicted octanol–water partition coefficient (Wildman–Crippen LogP) is 2.60. The third-order valence-corrected chi connectivity index (χ3v) is 3.04. The molecule has 4 heteroatoms. The van der Waals surface area contributed by atoms with Gasteiger partial charge in [0.2, 0.25) is 5.89 Å². The molecule has 0 spiro atoms. The lowest BCUT2D eigenvalue weighted by Crippen LogP contribution is -2.15. The second-order valence-electron chi connectivity index (χ2n) is 4.53. The van der Waals surface area contributed by atoms with Crippen LogP contribution in [-0.4, -0.2) is 18.1 Å². The molecule has 2 aromatic rings. The summed E-state index contributed by atoms with van der Waals surface area (Å²) in [6.07, 6.45) is 4.28. The van der Waals surface area contributed by atoms with Crippen LogP contribution in [0.2, 0.25) is 0 Å². The van der Waals surface area contributed by atoms with Gasteiger partial charge in [0.15, 0.2) is 0 Å². The van der Waals surface area contributed by atoms with Crippen LogP contribution in [0.4, 0.5) is 0 Å². The van der Waals surface area contributed by atoms with E-state index in [-0.39, 0.29) is 0 Å². The van der Waals surface area contributed by atoms with Crippen molar-refractivity contribution in [3.8, 4) is 17.2 Å². The number of oxazole rings is 1. The average molecular weight is 244 g/mol. The normalized spacial score (nSPS) is 14.7. The summed E-state index contributed by atoms with van der Waals surface area (Å²) in [6.45, 7) is 0.782. The molecular weight excluding hydrogens is 228 g/mol. The minimum absolute atomic E-state index is 0.658. The van der Waals surface area contributed by atoms with Crippen LogP contribution in [-0.2, 0) is 6.54 Å². The van der Waals surface area contributed by atoms with Gasteiger partial charge in [-0.2, -0.15) is 0 Å². The molecule has 1 N–H and O–H groups in total. The van der Waals surface area contributed by atoms with Crippen molar-refractivity contribution in [2.75, 3.05) is 7.11 Å². The first-order chi connectivity index (χ1) is 8.85. The summed E-state index contributed by atoms with van der Waals surface area (Å²) >= 11 is 0. The zero-order valence-electron chi connectivity index (χ0n) is 10.3. The van der Waals surface area contributed by atoms with Gasteiger partial charge in [-0.05, 0) is 37.1 Å². The monoisotopic (exact) mass is 244 g/mol. The molecule has 0 bridgehead atoms. The molecule has 0 aliphatic heterocycles. The molecule has 18 heavy (non-hydrogen) atoms. The summed E-state index contributed by atoms with van der Waals surface area (Å²) in [5.74, 6) is 1.49.